The summed E-state index contributed by atoms with van der Waals surface area (Å²) in [7, 11) is 1.73. The standard InChI is InChI=1S/C13H17ClN2O2/c1-16(8-9-4-2-6-11(9)17)13(18)10-5-3-7-12(14)15-10/h3,5,7,9,11,17H,2,4,6,8H2,1H3. The van der Waals surface area contributed by atoms with Crippen LogP contribution in [0.25, 0.3) is 0 Å². The average molecular weight is 269 g/mol. The Morgan fingerprint density at radius 3 is 2.94 bits per heavy atom. The molecule has 2 atom stereocenters. The molecule has 5 heteroatoms. The molecule has 0 spiro atoms. The van der Waals surface area contributed by atoms with E-state index in [2.05, 4.69) is 4.98 Å². The van der Waals surface area contributed by atoms with Crippen LogP contribution in [0.1, 0.15) is 29.8 Å². The predicted octanol–water partition coefficient (Wildman–Crippen LogP) is 1.97. The first-order chi connectivity index (χ1) is 8.58. The van der Waals surface area contributed by atoms with Crippen molar-refractivity contribution >= 4 is 17.5 Å². The minimum absolute atomic E-state index is 0.156. The summed E-state index contributed by atoms with van der Waals surface area (Å²) in [6, 6.07) is 5.00. The van der Waals surface area contributed by atoms with Gasteiger partial charge in [0, 0.05) is 19.5 Å². The van der Waals surface area contributed by atoms with Crippen molar-refractivity contribution < 1.29 is 9.90 Å². The number of rotatable bonds is 3. The molecule has 0 radical (unpaired) electrons. The lowest BCUT2D eigenvalue weighted by atomic mass is 10.1. The Kier molecular flexibility index (Phi) is 4.19. The van der Waals surface area contributed by atoms with Crippen LogP contribution in [0.15, 0.2) is 18.2 Å². The molecule has 1 N–H and O–H groups in total. The van der Waals surface area contributed by atoms with Crippen LogP contribution >= 0.6 is 11.6 Å². The molecule has 2 unspecified atom stereocenters. The Bertz CT molecular complexity index is 439. The van der Waals surface area contributed by atoms with Gasteiger partial charge in [-0.3, -0.25) is 4.79 Å². The molecule has 0 saturated heterocycles. The maximum atomic E-state index is 12.1. The molecule has 1 aliphatic rings. The number of amides is 1. The van der Waals surface area contributed by atoms with Crippen LogP contribution in [-0.4, -0.2) is 40.6 Å². The van der Waals surface area contributed by atoms with E-state index in [0.29, 0.717) is 17.4 Å². The van der Waals surface area contributed by atoms with Crippen molar-refractivity contribution in [1.82, 2.24) is 9.88 Å². The Hall–Kier alpha value is -1.13. The molecule has 1 aliphatic carbocycles. The first-order valence-electron chi connectivity index (χ1n) is 6.14. The third-order valence-corrected chi connectivity index (χ3v) is 3.62. The van der Waals surface area contributed by atoms with Crippen molar-refractivity contribution in [3.05, 3.63) is 29.0 Å². The predicted molar refractivity (Wildman–Crippen MR) is 69.6 cm³/mol. The van der Waals surface area contributed by atoms with Crippen molar-refractivity contribution in [2.45, 2.75) is 25.4 Å². The Morgan fingerprint density at radius 1 is 1.56 bits per heavy atom. The highest BCUT2D eigenvalue weighted by molar-refractivity contribution is 6.29. The molecular weight excluding hydrogens is 252 g/mol. The molecule has 1 amide bonds. The maximum absolute atomic E-state index is 12.1. The van der Waals surface area contributed by atoms with E-state index in [4.69, 9.17) is 11.6 Å². The van der Waals surface area contributed by atoms with Gasteiger partial charge in [-0.25, -0.2) is 4.98 Å². The number of halogens is 1. The summed E-state index contributed by atoms with van der Waals surface area (Å²) in [5.41, 5.74) is 0.345. The summed E-state index contributed by atoms with van der Waals surface area (Å²) in [5.74, 6) is 0.0229. The lowest BCUT2D eigenvalue weighted by molar-refractivity contribution is 0.0688. The molecule has 1 saturated carbocycles. The molecule has 1 fully saturated rings. The highest BCUT2D eigenvalue weighted by atomic mass is 35.5. The lowest BCUT2D eigenvalue weighted by Gasteiger charge is -2.23. The average Bonchev–Trinajstić information content (AvgIpc) is 2.74. The van der Waals surface area contributed by atoms with Crippen molar-refractivity contribution in [3.8, 4) is 0 Å². The van der Waals surface area contributed by atoms with Crippen molar-refractivity contribution in [2.24, 2.45) is 5.92 Å². The van der Waals surface area contributed by atoms with Gasteiger partial charge in [-0.15, -0.1) is 0 Å². The van der Waals surface area contributed by atoms with E-state index in [1.54, 1.807) is 30.1 Å². The number of aliphatic hydroxyl groups excluding tert-OH is 1. The number of nitrogens with zero attached hydrogens (tertiary/aromatic N) is 2. The summed E-state index contributed by atoms with van der Waals surface area (Å²) in [4.78, 5) is 17.7. The SMILES string of the molecule is CN(CC1CCCC1O)C(=O)c1cccc(Cl)n1. The van der Waals surface area contributed by atoms with Crippen LogP contribution in [0.4, 0.5) is 0 Å². The second-order valence-corrected chi connectivity index (χ2v) is 5.18. The quantitative estimate of drug-likeness (QED) is 0.853. The van der Waals surface area contributed by atoms with Crippen LogP contribution in [0.3, 0.4) is 0 Å². The molecule has 18 heavy (non-hydrogen) atoms. The van der Waals surface area contributed by atoms with Gasteiger partial charge in [0.25, 0.3) is 5.91 Å². The van der Waals surface area contributed by atoms with Crippen LogP contribution < -0.4 is 0 Å². The Labute approximate surface area is 112 Å². The van der Waals surface area contributed by atoms with Gasteiger partial charge in [-0.2, -0.15) is 0 Å². The summed E-state index contributed by atoms with van der Waals surface area (Å²) in [6.07, 6.45) is 2.56. The monoisotopic (exact) mass is 268 g/mol. The van der Waals surface area contributed by atoms with E-state index in [9.17, 15) is 9.90 Å². The lowest BCUT2D eigenvalue weighted by Crippen LogP contribution is -2.34. The number of hydrogen-bond donors (Lipinski definition) is 1. The van der Waals surface area contributed by atoms with E-state index in [0.717, 1.165) is 19.3 Å². The zero-order valence-corrected chi connectivity index (χ0v) is 11.1. The van der Waals surface area contributed by atoms with Gasteiger partial charge in [0.15, 0.2) is 0 Å². The molecule has 0 bridgehead atoms. The molecule has 0 aromatic carbocycles. The number of hydrogen-bond acceptors (Lipinski definition) is 3. The van der Waals surface area contributed by atoms with Crippen molar-refractivity contribution in [1.29, 1.82) is 0 Å². The van der Waals surface area contributed by atoms with Gasteiger partial charge in [-0.05, 0) is 25.0 Å². The molecule has 1 heterocycles. The van der Waals surface area contributed by atoms with E-state index in [-0.39, 0.29) is 17.9 Å². The number of carbonyl (C=O) groups excluding carboxylic acids is 1. The van der Waals surface area contributed by atoms with Gasteiger partial charge in [0.1, 0.15) is 10.8 Å². The minimum atomic E-state index is -0.285. The summed E-state index contributed by atoms with van der Waals surface area (Å²) in [5, 5.41) is 10.1. The fraction of sp³-hybridized carbons (Fsp3) is 0.538. The Morgan fingerprint density at radius 2 is 2.33 bits per heavy atom. The van der Waals surface area contributed by atoms with E-state index in [1.807, 2.05) is 0 Å². The fourth-order valence-electron chi connectivity index (χ4n) is 2.39. The highest BCUT2D eigenvalue weighted by Crippen LogP contribution is 2.26. The van der Waals surface area contributed by atoms with Gasteiger partial charge in [0.2, 0.25) is 0 Å². The third kappa shape index (κ3) is 3.00. The number of pyridine rings is 1. The third-order valence-electron chi connectivity index (χ3n) is 3.41. The van der Waals surface area contributed by atoms with Crippen molar-refractivity contribution in [2.75, 3.05) is 13.6 Å². The number of carbonyl (C=O) groups is 1. The smallest absolute Gasteiger partial charge is 0.272 e. The number of aliphatic hydroxyl groups is 1. The normalized spacial score (nSPS) is 23.1. The van der Waals surface area contributed by atoms with Gasteiger partial charge in [0.05, 0.1) is 6.10 Å². The first kappa shape index (κ1) is 13.3. The van der Waals surface area contributed by atoms with Gasteiger partial charge < -0.3 is 10.0 Å². The van der Waals surface area contributed by atoms with E-state index < -0.39 is 0 Å². The topological polar surface area (TPSA) is 53.4 Å². The molecule has 1 aromatic rings. The van der Waals surface area contributed by atoms with E-state index in [1.165, 1.54) is 0 Å². The second-order valence-electron chi connectivity index (χ2n) is 4.79. The molecule has 1 aromatic heterocycles. The van der Waals surface area contributed by atoms with Gasteiger partial charge in [-0.1, -0.05) is 24.1 Å². The minimum Gasteiger partial charge on any atom is -0.393 e. The molecule has 0 aliphatic heterocycles. The summed E-state index contributed by atoms with van der Waals surface area (Å²) < 4.78 is 0. The second kappa shape index (κ2) is 5.67. The zero-order valence-electron chi connectivity index (χ0n) is 10.3. The summed E-state index contributed by atoms with van der Waals surface area (Å²) in [6.45, 7) is 0.564. The van der Waals surface area contributed by atoms with Gasteiger partial charge >= 0.3 is 0 Å². The Balaban J connectivity index is 2.00. The zero-order chi connectivity index (χ0) is 13.1. The first-order valence-corrected chi connectivity index (χ1v) is 6.52. The molecular formula is C13H17ClN2O2. The van der Waals surface area contributed by atoms with Crippen molar-refractivity contribution in [3.63, 3.8) is 0 Å². The summed E-state index contributed by atoms with van der Waals surface area (Å²) >= 11 is 5.77. The number of aromatic nitrogens is 1. The van der Waals surface area contributed by atoms with Crippen LogP contribution in [-0.2, 0) is 0 Å². The van der Waals surface area contributed by atoms with Crippen LogP contribution in [0.5, 0.6) is 0 Å². The molecule has 2 rings (SSSR count). The molecule has 98 valence electrons. The van der Waals surface area contributed by atoms with E-state index >= 15 is 0 Å². The highest BCUT2D eigenvalue weighted by Gasteiger charge is 2.27. The van der Waals surface area contributed by atoms with Crippen LogP contribution in [0.2, 0.25) is 5.15 Å². The largest absolute Gasteiger partial charge is 0.393 e. The fourth-order valence-corrected chi connectivity index (χ4v) is 2.55. The maximum Gasteiger partial charge on any atom is 0.272 e. The molecule has 4 nitrogen and oxygen atoms in total. The van der Waals surface area contributed by atoms with Crippen LogP contribution in [0, 0.1) is 5.92 Å².